The summed E-state index contributed by atoms with van der Waals surface area (Å²) in [6.07, 6.45) is 3.89. The average molecular weight is 412 g/mol. The molecule has 0 saturated carbocycles. The van der Waals surface area contributed by atoms with Gasteiger partial charge in [0.1, 0.15) is 0 Å². The highest BCUT2D eigenvalue weighted by molar-refractivity contribution is 7.80. The van der Waals surface area contributed by atoms with Gasteiger partial charge in [-0.25, -0.2) is 4.79 Å². The Morgan fingerprint density at radius 3 is 2.55 bits per heavy atom. The summed E-state index contributed by atoms with van der Waals surface area (Å²) in [7, 11) is 0. The van der Waals surface area contributed by atoms with Gasteiger partial charge in [0.05, 0.1) is 18.2 Å². The van der Waals surface area contributed by atoms with E-state index in [2.05, 4.69) is 46.7 Å². The number of carbonyl (C=O) groups excluding carboxylic acids is 1. The molecule has 2 N–H and O–H groups in total. The highest BCUT2D eigenvalue weighted by Crippen LogP contribution is 2.22. The molecule has 1 saturated heterocycles. The molecule has 1 atom stereocenters. The molecule has 29 heavy (non-hydrogen) atoms. The van der Waals surface area contributed by atoms with E-state index < -0.39 is 0 Å². The summed E-state index contributed by atoms with van der Waals surface area (Å²) >= 11 is 5.45. The lowest BCUT2D eigenvalue weighted by atomic mass is 10.1. The van der Waals surface area contributed by atoms with Crippen LogP contribution >= 0.6 is 12.2 Å². The molecule has 1 aliphatic rings. The van der Waals surface area contributed by atoms with Crippen LogP contribution in [0.15, 0.2) is 48.5 Å². The molecule has 2 aromatic rings. The third-order valence-corrected chi connectivity index (χ3v) is 5.31. The number of thiocarbonyl (C=S) groups is 1. The van der Waals surface area contributed by atoms with Crippen molar-refractivity contribution in [2.75, 3.05) is 29.9 Å². The van der Waals surface area contributed by atoms with Gasteiger partial charge in [-0.3, -0.25) is 0 Å². The van der Waals surface area contributed by atoms with Crippen molar-refractivity contribution >= 4 is 34.7 Å². The van der Waals surface area contributed by atoms with Gasteiger partial charge in [-0.15, -0.1) is 0 Å². The van der Waals surface area contributed by atoms with E-state index in [0.29, 0.717) is 17.3 Å². The van der Waals surface area contributed by atoms with E-state index in [-0.39, 0.29) is 12.0 Å². The maximum atomic E-state index is 11.9. The van der Waals surface area contributed by atoms with Gasteiger partial charge >= 0.3 is 5.97 Å². The number of piperidine rings is 1. The lowest BCUT2D eigenvalue weighted by Crippen LogP contribution is -2.31. The fourth-order valence-corrected chi connectivity index (χ4v) is 3.81. The Hall–Kier alpha value is -2.60. The van der Waals surface area contributed by atoms with E-state index in [1.807, 2.05) is 6.07 Å². The Bertz CT molecular complexity index is 832. The summed E-state index contributed by atoms with van der Waals surface area (Å²) < 4.78 is 5.05. The quantitative estimate of drug-likeness (QED) is 0.521. The SMILES string of the molecule is CCOC(=O)c1cccc(NC(=S)NC(C)c2ccc(N3CCCCC3)cc2)c1. The van der Waals surface area contributed by atoms with Crippen LogP contribution < -0.4 is 15.5 Å². The van der Waals surface area contributed by atoms with Gasteiger partial charge in [-0.1, -0.05) is 18.2 Å². The van der Waals surface area contributed by atoms with Crippen LogP contribution in [0.25, 0.3) is 0 Å². The van der Waals surface area contributed by atoms with E-state index in [1.165, 1.54) is 30.5 Å². The predicted octanol–water partition coefficient (Wildman–Crippen LogP) is 4.90. The molecule has 0 bridgehead atoms. The highest BCUT2D eigenvalue weighted by atomic mass is 32.1. The number of benzene rings is 2. The van der Waals surface area contributed by atoms with Crippen LogP contribution in [0, 0.1) is 0 Å². The van der Waals surface area contributed by atoms with Crippen LogP contribution in [0.3, 0.4) is 0 Å². The topological polar surface area (TPSA) is 53.6 Å². The normalized spacial score (nSPS) is 14.8. The molecular weight excluding hydrogens is 382 g/mol. The number of carbonyl (C=O) groups is 1. The minimum absolute atomic E-state index is 0.0682. The van der Waals surface area contributed by atoms with Gasteiger partial charge in [0, 0.05) is 24.5 Å². The van der Waals surface area contributed by atoms with Crippen LogP contribution in [0.1, 0.15) is 55.1 Å². The molecule has 3 rings (SSSR count). The highest BCUT2D eigenvalue weighted by Gasteiger charge is 2.13. The van der Waals surface area contributed by atoms with E-state index in [9.17, 15) is 4.79 Å². The number of rotatable bonds is 6. The Morgan fingerprint density at radius 1 is 1.14 bits per heavy atom. The Kier molecular flexibility index (Phi) is 7.47. The molecule has 0 aromatic heterocycles. The largest absolute Gasteiger partial charge is 0.462 e. The summed E-state index contributed by atoms with van der Waals surface area (Å²) in [6, 6.07) is 15.9. The van der Waals surface area contributed by atoms with Crippen LogP contribution in [0.5, 0.6) is 0 Å². The Balaban J connectivity index is 1.56. The summed E-state index contributed by atoms with van der Waals surface area (Å²) in [6.45, 7) is 6.51. The van der Waals surface area contributed by atoms with Crippen molar-refractivity contribution in [2.45, 2.75) is 39.2 Å². The van der Waals surface area contributed by atoms with Crippen LogP contribution in [-0.2, 0) is 4.74 Å². The van der Waals surface area contributed by atoms with Crippen molar-refractivity contribution in [3.8, 4) is 0 Å². The molecule has 6 heteroatoms. The van der Waals surface area contributed by atoms with Gasteiger partial charge in [0.2, 0.25) is 0 Å². The second-order valence-electron chi connectivity index (χ2n) is 7.26. The summed E-state index contributed by atoms with van der Waals surface area (Å²) in [5.41, 5.74) is 3.72. The first kappa shape index (κ1) is 21.1. The van der Waals surface area contributed by atoms with Gasteiger partial charge in [0.15, 0.2) is 5.11 Å². The van der Waals surface area contributed by atoms with Crippen LogP contribution in [0.4, 0.5) is 11.4 Å². The molecule has 1 heterocycles. The van der Waals surface area contributed by atoms with Gasteiger partial charge in [-0.2, -0.15) is 0 Å². The third-order valence-electron chi connectivity index (χ3n) is 5.09. The maximum absolute atomic E-state index is 11.9. The first-order valence-corrected chi connectivity index (χ1v) is 10.7. The third kappa shape index (κ3) is 5.94. The zero-order valence-electron chi connectivity index (χ0n) is 17.1. The van der Waals surface area contributed by atoms with E-state index in [4.69, 9.17) is 17.0 Å². The van der Waals surface area contributed by atoms with Gasteiger partial charge in [0.25, 0.3) is 0 Å². The van der Waals surface area contributed by atoms with Crippen molar-refractivity contribution in [2.24, 2.45) is 0 Å². The number of nitrogens with zero attached hydrogens (tertiary/aromatic N) is 1. The van der Waals surface area contributed by atoms with Crippen LogP contribution in [-0.4, -0.2) is 30.8 Å². The fraction of sp³-hybridized carbons (Fsp3) is 0.391. The molecule has 154 valence electrons. The summed E-state index contributed by atoms with van der Waals surface area (Å²) in [5.74, 6) is -0.336. The lowest BCUT2D eigenvalue weighted by Gasteiger charge is -2.29. The maximum Gasteiger partial charge on any atom is 0.338 e. The van der Waals surface area contributed by atoms with Crippen molar-refractivity contribution in [1.29, 1.82) is 0 Å². The van der Waals surface area contributed by atoms with Crippen molar-refractivity contribution in [3.05, 3.63) is 59.7 Å². The first-order chi connectivity index (χ1) is 14.1. The van der Waals surface area contributed by atoms with E-state index in [1.54, 1.807) is 25.1 Å². The second-order valence-corrected chi connectivity index (χ2v) is 7.67. The fourth-order valence-electron chi connectivity index (χ4n) is 3.51. The molecule has 0 radical (unpaired) electrons. The van der Waals surface area contributed by atoms with Crippen molar-refractivity contribution < 1.29 is 9.53 Å². The molecule has 1 unspecified atom stereocenters. The summed E-state index contributed by atoms with van der Waals surface area (Å²) in [5, 5.41) is 6.97. The Labute approximate surface area is 178 Å². The minimum Gasteiger partial charge on any atom is -0.462 e. The molecule has 0 spiro atoms. The van der Waals surface area contributed by atoms with Gasteiger partial charge < -0.3 is 20.3 Å². The standard InChI is InChI=1S/C23H29N3O2S/c1-3-28-22(27)19-8-7-9-20(16-19)25-23(29)24-17(2)18-10-12-21(13-11-18)26-14-5-4-6-15-26/h7-13,16-17H,3-6,14-15H2,1-2H3,(H2,24,25,29). The summed E-state index contributed by atoms with van der Waals surface area (Å²) in [4.78, 5) is 14.3. The molecule has 1 aliphatic heterocycles. The zero-order chi connectivity index (χ0) is 20.6. The number of nitrogens with one attached hydrogen (secondary N) is 2. The number of hydrogen-bond donors (Lipinski definition) is 2. The number of esters is 1. The zero-order valence-corrected chi connectivity index (χ0v) is 17.9. The first-order valence-electron chi connectivity index (χ1n) is 10.3. The number of hydrogen-bond acceptors (Lipinski definition) is 4. The monoisotopic (exact) mass is 411 g/mol. The van der Waals surface area contributed by atoms with Crippen LogP contribution in [0.2, 0.25) is 0 Å². The average Bonchev–Trinajstić information content (AvgIpc) is 2.75. The van der Waals surface area contributed by atoms with E-state index >= 15 is 0 Å². The molecule has 0 aliphatic carbocycles. The second kappa shape index (κ2) is 10.3. The molecular formula is C23H29N3O2S. The van der Waals surface area contributed by atoms with E-state index in [0.717, 1.165) is 18.8 Å². The lowest BCUT2D eigenvalue weighted by molar-refractivity contribution is 0.0526. The number of ether oxygens (including phenoxy) is 1. The molecule has 1 fully saturated rings. The molecule has 5 nitrogen and oxygen atoms in total. The smallest absolute Gasteiger partial charge is 0.338 e. The molecule has 0 amide bonds. The molecule has 2 aromatic carbocycles. The Morgan fingerprint density at radius 2 is 1.86 bits per heavy atom. The van der Waals surface area contributed by atoms with Crippen molar-refractivity contribution in [3.63, 3.8) is 0 Å². The van der Waals surface area contributed by atoms with Crippen molar-refractivity contribution in [1.82, 2.24) is 5.32 Å². The number of anilines is 2. The minimum atomic E-state index is -0.336. The predicted molar refractivity (Wildman–Crippen MR) is 123 cm³/mol. The van der Waals surface area contributed by atoms with Gasteiger partial charge in [-0.05, 0) is 81.2 Å².